The molecule has 0 radical (unpaired) electrons. The van der Waals surface area contributed by atoms with Gasteiger partial charge in [-0.1, -0.05) is 18.2 Å². The van der Waals surface area contributed by atoms with E-state index in [0.29, 0.717) is 5.69 Å². The number of H-pyrrole nitrogens is 1. The van der Waals surface area contributed by atoms with Crippen LogP contribution in [0.5, 0.6) is 0 Å². The molecule has 1 aromatic carbocycles. The Labute approximate surface area is 161 Å². The molecule has 0 aliphatic rings. The predicted octanol–water partition coefficient (Wildman–Crippen LogP) is 1.56. The summed E-state index contributed by atoms with van der Waals surface area (Å²) in [4.78, 5) is 39.5. The largest absolute Gasteiger partial charge is 0.467 e. The molecule has 8 heteroatoms. The lowest BCUT2D eigenvalue weighted by molar-refractivity contribution is -0.145. The van der Waals surface area contributed by atoms with Crippen LogP contribution in [0.4, 0.5) is 0 Å². The van der Waals surface area contributed by atoms with E-state index in [1.54, 1.807) is 36.1 Å². The average Bonchev–Trinajstić information content (AvgIpc) is 3.31. The molecular weight excluding hydrogens is 362 g/mol. The van der Waals surface area contributed by atoms with Crippen molar-refractivity contribution in [3.05, 3.63) is 60.0 Å². The number of ether oxygens (including phenoxy) is 2. The second-order valence-electron chi connectivity index (χ2n) is 6.29. The normalized spacial score (nSPS) is 11.8. The van der Waals surface area contributed by atoms with Crippen LogP contribution in [0.2, 0.25) is 0 Å². The molecule has 2 aromatic heterocycles. The van der Waals surface area contributed by atoms with Crippen LogP contribution < -0.4 is 5.32 Å². The van der Waals surface area contributed by atoms with Crippen LogP contribution in [0.3, 0.4) is 0 Å². The molecule has 8 nitrogen and oxygen atoms in total. The van der Waals surface area contributed by atoms with Gasteiger partial charge in [0.1, 0.15) is 11.7 Å². The highest BCUT2D eigenvalue weighted by Gasteiger charge is 2.24. The molecule has 0 spiro atoms. The van der Waals surface area contributed by atoms with Gasteiger partial charge in [-0.2, -0.15) is 0 Å². The number of hydrogen-bond acceptors (Lipinski definition) is 5. The SMILES string of the molecule is COC(=O)[C@H](Cc1c[nH]c2ccccc12)NC(=O)COC(=O)c1cccn1C. The Morgan fingerprint density at radius 3 is 2.68 bits per heavy atom. The molecule has 0 aliphatic carbocycles. The van der Waals surface area contributed by atoms with E-state index in [9.17, 15) is 14.4 Å². The number of hydrogen-bond donors (Lipinski definition) is 2. The lowest BCUT2D eigenvalue weighted by Crippen LogP contribution is -2.44. The Morgan fingerprint density at radius 2 is 1.96 bits per heavy atom. The minimum absolute atomic E-state index is 0.244. The Bertz CT molecular complexity index is 1000. The zero-order valence-electron chi connectivity index (χ0n) is 15.6. The van der Waals surface area contributed by atoms with Gasteiger partial charge in [0.15, 0.2) is 6.61 Å². The van der Waals surface area contributed by atoms with Crippen molar-refractivity contribution in [1.82, 2.24) is 14.9 Å². The first-order valence-corrected chi connectivity index (χ1v) is 8.70. The fourth-order valence-electron chi connectivity index (χ4n) is 2.97. The second kappa shape index (κ2) is 8.43. The maximum atomic E-state index is 12.2. The molecule has 0 saturated heterocycles. The number of aromatic amines is 1. The van der Waals surface area contributed by atoms with Gasteiger partial charge in [-0.25, -0.2) is 9.59 Å². The quantitative estimate of drug-likeness (QED) is 0.603. The van der Waals surface area contributed by atoms with Crippen molar-refractivity contribution in [3.8, 4) is 0 Å². The van der Waals surface area contributed by atoms with E-state index < -0.39 is 30.5 Å². The van der Waals surface area contributed by atoms with Gasteiger partial charge >= 0.3 is 11.9 Å². The molecular formula is C20H21N3O5. The minimum atomic E-state index is -0.898. The maximum absolute atomic E-state index is 12.2. The molecule has 1 atom stereocenters. The van der Waals surface area contributed by atoms with Crippen molar-refractivity contribution < 1.29 is 23.9 Å². The summed E-state index contributed by atoms with van der Waals surface area (Å²) in [5, 5.41) is 3.53. The van der Waals surface area contributed by atoms with Crippen molar-refractivity contribution in [1.29, 1.82) is 0 Å². The summed E-state index contributed by atoms with van der Waals surface area (Å²) in [5.74, 6) is -1.78. The van der Waals surface area contributed by atoms with Gasteiger partial charge < -0.3 is 24.3 Å². The number of esters is 2. The number of benzene rings is 1. The third-order valence-electron chi connectivity index (χ3n) is 4.41. The lowest BCUT2D eigenvalue weighted by Gasteiger charge is -2.16. The molecule has 146 valence electrons. The maximum Gasteiger partial charge on any atom is 0.355 e. The van der Waals surface area contributed by atoms with E-state index in [2.05, 4.69) is 10.3 Å². The van der Waals surface area contributed by atoms with Crippen LogP contribution in [-0.4, -0.2) is 47.2 Å². The summed E-state index contributed by atoms with van der Waals surface area (Å²) in [7, 11) is 2.96. The lowest BCUT2D eigenvalue weighted by atomic mass is 10.0. The number of aromatic nitrogens is 2. The number of carbonyl (C=O) groups excluding carboxylic acids is 3. The Hall–Kier alpha value is -3.55. The molecule has 28 heavy (non-hydrogen) atoms. The fraction of sp³-hybridized carbons (Fsp3) is 0.250. The van der Waals surface area contributed by atoms with Crippen LogP contribution in [0.15, 0.2) is 48.8 Å². The molecule has 2 N–H and O–H groups in total. The molecule has 0 saturated carbocycles. The number of methoxy groups -OCH3 is 1. The summed E-state index contributed by atoms with van der Waals surface area (Å²) in [6.45, 7) is -0.495. The number of aryl methyl sites for hydroxylation is 1. The topological polar surface area (TPSA) is 102 Å². The van der Waals surface area contributed by atoms with Crippen LogP contribution in [0.1, 0.15) is 16.1 Å². The van der Waals surface area contributed by atoms with Crippen LogP contribution >= 0.6 is 0 Å². The highest BCUT2D eigenvalue weighted by atomic mass is 16.5. The van der Waals surface area contributed by atoms with E-state index in [1.165, 1.54) is 7.11 Å². The fourth-order valence-corrected chi connectivity index (χ4v) is 2.97. The molecule has 1 amide bonds. The van der Waals surface area contributed by atoms with Crippen molar-refractivity contribution in [3.63, 3.8) is 0 Å². The monoisotopic (exact) mass is 383 g/mol. The first-order valence-electron chi connectivity index (χ1n) is 8.70. The molecule has 0 unspecified atom stereocenters. The highest BCUT2D eigenvalue weighted by molar-refractivity contribution is 5.91. The second-order valence-corrected chi connectivity index (χ2v) is 6.29. The number of carbonyl (C=O) groups is 3. The number of para-hydroxylation sites is 1. The van der Waals surface area contributed by atoms with Gasteiger partial charge in [-0.3, -0.25) is 4.79 Å². The summed E-state index contributed by atoms with van der Waals surface area (Å²) in [5.41, 5.74) is 2.13. The first kappa shape index (κ1) is 19.2. The molecule has 3 aromatic rings. The van der Waals surface area contributed by atoms with Gasteiger partial charge in [0.25, 0.3) is 5.91 Å². The van der Waals surface area contributed by atoms with E-state index in [1.807, 2.05) is 24.3 Å². The molecule has 3 rings (SSSR count). The van der Waals surface area contributed by atoms with Gasteiger partial charge in [0, 0.05) is 36.8 Å². The van der Waals surface area contributed by atoms with Crippen LogP contribution in [0.25, 0.3) is 10.9 Å². The minimum Gasteiger partial charge on any atom is -0.467 e. The van der Waals surface area contributed by atoms with E-state index >= 15 is 0 Å². The zero-order chi connectivity index (χ0) is 20.1. The predicted molar refractivity (Wildman–Crippen MR) is 102 cm³/mol. The zero-order valence-corrected chi connectivity index (χ0v) is 15.6. The van der Waals surface area contributed by atoms with Gasteiger partial charge in [-0.15, -0.1) is 0 Å². The smallest absolute Gasteiger partial charge is 0.355 e. The highest BCUT2D eigenvalue weighted by Crippen LogP contribution is 2.19. The van der Waals surface area contributed by atoms with Crippen molar-refractivity contribution in [2.75, 3.05) is 13.7 Å². The van der Waals surface area contributed by atoms with Gasteiger partial charge in [0.2, 0.25) is 0 Å². The van der Waals surface area contributed by atoms with Crippen molar-refractivity contribution in [2.45, 2.75) is 12.5 Å². The van der Waals surface area contributed by atoms with E-state index in [-0.39, 0.29) is 6.42 Å². The summed E-state index contributed by atoms with van der Waals surface area (Å²) in [6.07, 6.45) is 3.74. The summed E-state index contributed by atoms with van der Waals surface area (Å²) >= 11 is 0. The Balaban J connectivity index is 1.64. The number of amides is 1. The number of nitrogens with zero attached hydrogens (tertiary/aromatic N) is 1. The van der Waals surface area contributed by atoms with Crippen LogP contribution in [-0.2, 0) is 32.5 Å². The van der Waals surface area contributed by atoms with E-state index in [0.717, 1.165) is 16.5 Å². The molecule has 0 aliphatic heterocycles. The third-order valence-corrected chi connectivity index (χ3v) is 4.41. The average molecular weight is 383 g/mol. The number of nitrogens with one attached hydrogen (secondary N) is 2. The van der Waals surface area contributed by atoms with E-state index in [4.69, 9.17) is 9.47 Å². The number of fused-ring (bicyclic) bond motifs is 1. The van der Waals surface area contributed by atoms with Crippen molar-refractivity contribution in [2.24, 2.45) is 7.05 Å². The standard InChI is InChI=1S/C20H21N3O5/c1-23-9-5-8-17(23)20(26)28-12-18(24)22-16(19(25)27-2)10-13-11-21-15-7-4-3-6-14(13)15/h3-9,11,16,21H,10,12H2,1-2H3,(H,22,24)/t16-/m0/s1. The Morgan fingerprint density at radius 1 is 1.18 bits per heavy atom. The molecule has 0 bridgehead atoms. The molecule has 2 heterocycles. The van der Waals surface area contributed by atoms with Crippen molar-refractivity contribution >= 4 is 28.7 Å². The first-order chi connectivity index (χ1) is 13.5. The van der Waals surface area contributed by atoms with Gasteiger partial charge in [-0.05, 0) is 23.8 Å². The summed E-state index contributed by atoms with van der Waals surface area (Å²) < 4.78 is 11.4. The summed E-state index contributed by atoms with van der Waals surface area (Å²) in [6, 6.07) is 10.1. The number of rotatable bonds is 7. The van der Waals surface area contributed by atoms with Gasteiger partial charge in [0.05, 0.1) is 7.11 Å². The van der Waals surface area contributed by atoms with Crippen LogP contribution in [0, 0.1) is 0 Å². The Kier molecular flexibility index (Phi) is 5.78. The third kappa shape index (κ3) is 4.22. The molecule has 0 fully saturated rings.